The van der Waals surface area contributed by atoms with E-state index in [1.807, 2.05) is 21.1 Å². The zero-order chi connectivity index (χ0) is 26.4. The first-order chi connectivity index (χ1) is 16.6. The maximum absolute atomic E-state index is 11.8. The van der Waals surface area contributed by atoms with Crippen LogP contribution in [-0.4, -0.2) is 69.2 Å². The maximum Gasteiger partial charge on any atom is 0.305 e. The van der Waals surface area contributed by atoms with Gasteiger partial charge in [-0.2, -0.15) is 0 Å². The summed E-state index contributed by atoms with van der Waals surface area (Å²) in [5.41, 5.74) is 0. The van der Waals surface area contributed by atoms with Crippen LogP contribution in [0.15, 0.2) is 12.2 Å². The lowest BCUT2D eigenvalue weighted by Crippen LogP contribution is -2.37. The van der Waals surface area contributed by atoms with Crippen LogP contribution in [0.1, 0.15) is 96.8 Å². The average Bonchev–Trinajstić information content (AvgIpc) is 2.78. The molecule has 0 aromatic carbocycles. The average molecular weight is 522 g/mol. The Labute approximate surface area is 214 Å². The third kappa shape index (κ3) is 26.1. The Morgan fingerprint density at radius 2 is 1.43 bits per heavy atom. The van der Waals surface area contributed by atoms with E-state index in [0.717, 1.165) is 32.1 Å². The molecule has 0 radical (unpaired) electrons. The second kappa shape index (κ2) is 21.3. The molecule has 0 fully saturated rings. The molecule has 1 unspecified atom stereocenters. The highest BCUT2D eigenvalue weighted by Gasteiger charge is 2.16. The molecule has 0 aliphatic carbocycles. The van der Waals surface area contributed by atoms with E-state index in [9.17, 15) is 19.4 Å². The van der Waals surface area contributed by atoms with Gasteiger partial charge in [0.2, 0.25) is 0 Å². The summed E-state index contributed by atoms with van der Waals surface area (Å²) in [5.74, 6) is -0.397. The first-order valence-electron chi connectivity index (χ1n) is 13.4. The summed E-state index contributed by atoms with van der Waals surface area (Å²) in [4.78, 5) is 23.5. The number of esters is 1. The van der Waals surface area contributed by atoms with E-state index in [4.69, 9.17) is 9.26 Å². The third-order valence-corrected chi connectivity index (χ3v) is 6.48. The molecule has 35 heavy (non-hydrogen) atoms. The van der Waals surface area contributed by atoms with Crippen LogP contribution in [0.25, 0.3) is 0 Å². The fraction of sp³-hybridized carbons (Fsp3) is 0.885. The van der Waals surface area contributed by atoms with Crippen LogP contribution in [-0.2, 0) is 23.1 Å². The van der Waals surface area contributed by atoms with Crippen molar-refractivity contribution in [1.29, 1.82) is 0 Å². The number of hydrogen-bond donors (Lipinski definition) is 1. The minimum absolute atomic E-state index is 0.00862. The van der Waals surface area contributed by atoms with Gasteiger partial charge in [0.05, 0.1) is 27.7 Å². The molecule has 0 saturated heterocycles. The molecule has 0 aliphatic rings. The summed E-state index contributed by atoms with van der Waals surface area (Å²) < 4.78 is 26.6. The molecule has 208 valence electrons. The van der Waals surface area contributed by atoms with Gasteiger partial charge >= 0.3 is 5.97 Å². The minimum Gasteiger partial charge on any atom is -0.756 e. The highest BCUT2D eigenvalue weighted by atomic mass is 31.2. The number of nitrogens with zero attached hydrogens (tertiary/aromatic N) is 1. The zero-order valence-corrected chi connectivity index (χ0v) is 23.6. The summed E-state index contributed by atoms with van der Waals surface area (Å²) in [6.07, 6.45) is 19.1. The van der Waals surface area contributed by atoms with Crippen molar-refractivity contribution in [3.8, 4) is 0 Å². The SMILES string of the molecule is CCCCCCCCC=CCCCCCCCC(=O)OC[C@@H](O)COP(=O)([O-])OCC[N+](C)(C)C. The number of rotatable bonds is 24. The van der Waals surface area contributed by atoms with Gasteiger partial charge in [-0.3, -0.25) is 9.36 Å². The number of allylic oxidation sites excluding steroid dienone is 2. The van der Waals surface area contributed by atoms with Gasteiger partial charge in [0.25, 0.3) is 7.82 Å². The van der Waals surface area contributed by atoms with Crippen LogP contribution in [0.5, 0.6) is 0 Å². The number of hydrogen-bond acceptors (Lipinski definition) is 7. The molecule has 8 nitrogen and oxygen atoms in total. The van der Waals surface area contributed by atoms with Crippen LogP contribution in [0.4, 0.5) is 0 Å². The van der Waals surface area contributed by atoms with E-state index in [-0.39, 0.29) is 13.2 Å². The van der Waals surface area contributed by atoms with Crippen molar-refractivity contribution in [1.82, 2.24) is 0 Å². The van der Waals surface area contributed by atoms with Crippen LogP contribution >= 0.6 is 7.82 Å². The largest absolute Gasteiger partial charge is 0.756 e. The van der Waals surface area contributed by atoms with Gasteiger partial charge < -0.3 is 28.3 Å². The number of ether oxygens (including phenoxy) is 1. The Morgan fingerprint density at radius 3 is 2.00 bits per heavy atom. The van der Waals surface area contributed by atoms with Crippen molar-refractivity contribution in [2.75, 3.05) is 47.5 Å². The van der Waals surface area contributed by atoms with Gasteiger partial charge in [-0.05, 0) is 32.1 Å². The predicted molar refractivity (Wildman–Crippen MR) is 139 cm³/mol. The fourth-order valence-electron chi connectivity index (χ4n) is 3.29. The summed E-state index contributed by atoms with van der Waals surface area (Å²) >= 11 is 0. The van der Waals surface area contributed by atoms with E-state index >= 15 is 0 Å². The lowest BCUT2D eigenvalue weighted by molar-refractivity contribution is -0.870. The van der Waals surface area contributed by atoms with E-state index < -0.39 is 26.5 Å². The maximum atomic E-state index is 11.8. The van der Waals surface area contributed by atoms with Crippen molar-refractivity contribution < 1.29 is 37.6 Å². The molecule has 2 atom stereocenters. The van der Waals surface area contributed by atoms with Gasteiger partial charge in [0, 0.05) is 6.42 Å². The molecule has 0 bridgehead atoms. The molecule has 0 aliphatic heterocycles. The van der Waals surface area contributed by atoms with Crippen LogP contribution in [0.2, 0.25) is 0 Å². The van der Waals surface area contributed by atoms with E-state index in [2.05, 4.69) is 23.6 Å². The van der Waals surface area contributed by atoms with Gasteiger partial charge in [-0.15, -0.1) is 0 Å². The number of aliphatic hydroxyl groups excluding tert-OH is 1. The van der Waals surface area contributed by atoms with Crippen molar-refractivity contribution in [3.63, 3.8) is 0 Å². The molecule has 0 spiro atoms. The zero-order valence-electron chi connectivity index (χ0n) is 22.8. The summed E-state index contributed by atoms with van der Waals surface area (Å²) in [6.45, 7) is 1.92. The number of carbonyl (C=O) groups excluding carboxylic acids is 1. The number of carbonyl (C=O) groups is 1. The molecular formula is C26H52NO7P. The van der Waals surface area contributed by atoms with Crippen LogP contribution in [0, 0.1) is 0 Å². The second-order valence-electron chi connectivity index (χ2n) is 10.3. The van der Waals surface area contributed by atoms with Gasteiger partial charge in [-0.25, -0.2) is 0 Å². The molecule has 0 aromatic rings. The van der Waals surface area contributed by atoms with Crippen molar-refractivity contribution in [3.05, 3.63) is 12.2 Å². The fourth-order valence-corrected chi connectivity index (χ4v) is 4.03. The Bertz CT molecular complexity index is 593. The summed E-state index contributed by atoms with van der Waals surface area (Å²) in [5, 5.41) is 9.79. The molecule has 0 saturated carbocycles. The standard InChI is InChI=1S/C26H52NO7P/c1-5-6-7-8-9-10-11-12-13-14-15-16-17-18-19-20-26(29)32-23-25(28)24-34-35(30,31)33-22-21-27(2,3)4/h12-13,25,28H,5-11,14-24H2,1-4H3/t25-/m1/s1. The number of aliphatic hydroxyl groups is 1. The lowest BCUT2D eigenvalue weighted by Gasteiger charge is -2.27. The number of phosphoric acid groups is 1. The molecule has 0 aromatic heterocycles. The van der Waals surface area contributed by atoms with Crippen LogP contribution < -0.4 is 4.89 Å². The van der Waals surface area contributed by atoms with Crippen LogP contribution in [0.3, 0.4) is 0 Å². The quantitative estimate of drug-likeness (QED) is 0.0617. The monoisotopic (exact) mass is 521 g/mol. The molecule has 0 amide bonds. The normalized spacial score (nSPS) is 14.8. The first-order valence-corrected chi connectivity index (χ1v) is 14.9. The van der Waals surface area contributed by atoms with E-state index in [1.54, 1.807) is 0 Å². The molecule has 9 heteroatoms. The smallest absolute Gasteiger partial charge is 0.305 e. The Morgan fingerprint density at radius 1 is 0.886 bits per heavy atom. The molecule has 1 N–H and O–H groups in total. The number of phosphoric ester groups is 1. The van der Waals surface area contributed by atoms with Gasteiger partial charge in [-0.1, -0.05) is 70.4 Å². The highest BCUT2D eigenvalue weighted by Crippen LogP contribution is 2.38. The van der Waals surface area contributed by atoms with Crippen molar-refractivity contribution in [2.45, 2.75) is 103 Å². The first kappa shape index (κ1) is 34.2. The number of unbranched alkanes of at least 4 members (excludes halogenated alkanes) is 11. The third-order valence-electron chi connectivity index (χ3n) is 5.52. The van der Waals surface area contributed by atoms with Crippen molar-refractivity contribution >= 4 is 13.8 Å². The predicted octanol–water partition coefficient (Wildman–Crippen LogP) is 5.14. The highest BCUT2D eigenvalue weighted by molar-refractivity contribution is 7.45. The van der Waals surface area contributed by atoms with E-state index in [1.165, 1.54) is 51.4 Å². The second-order valence-corrected chi connectivity index (χ2v) is 11.7. The Hall–Kier alpha value is -0.760. The molecular weight excluding hydrogens is 469 g/mol. The van der Waals surface area contributed by atoms with Gasteiger partial charge in [0.1, 0.15) is 25.9 Å². The molecule has 0 rings (SSSR count). The summed E-state index contributed by atoms with van der Waals surface area (Å²) in [7, 11) is 1.24. The summed E-state index contributed by atoms with van der Waals surface area (Å²) in [6, 6.07) is 0. The van der Waals surface area contributed by atoms with Gasteiger partial charge in [0.15, 0.2) is 0 Å². The number of likely N-dealkylation sites (N-methyl/N-ethyl adjacent to an activating group) is 1. The number of quaternary nitrogens is 1. The Balaban J connectivity index is 3.59. The minimum atomic E-state index is -4.49. The Kier molecular flexibility index (Phi) is 20.9. The van der Waals surface area contributed by atoms with Crippen molar-refractivity contribution in [2.24, 2.45) is 0 Å². The lowest BCUT2D eigenvalue weighted by atomic mass is 10.1. The topological polar surface area (TPSA) is 105 Å². The molecule has 0 heterocycles. The van der Waals surface area contributed by atoms with E-state index in [0.29, 0.717) is 17.4 Å².